The molecule has 0 atom stereocenters. The van der Waals surface area contributed by atoms with Gasteiger partial charge in [0.05, 0.1) is 25.4 Å². The van der Waals surface area contributed by atoms with Crippen molar-refractivity contribution in [2.24, 2.45) is 5.41 Å². The average Bonchev–Trinajstić information content (AvgIpc) is 2.53. The van der Waals surface area contributed by atoms with E-state index in [9.17, 15) is 4.79 Å². The topological polar surface area (TPSA) is 35.5 Å². The van der Waals surface area contributed by atoms with Gasteiger partial charge in [0.1, 0.15) is 0 Å². The molecule has 78 valence electrons. The summed E-state index contributed by atoms with van der Waals surface area (Å²) >= 11 is 0. The largest absolute Gasteiger partial charge is 0.499 e. The molecule has 2 fully saturated rings. The molecule has 1 saturated heterocycles. The lowest BCUT2D eigenvalue weighted by atomic mass is 9.73. The highest BCUT2D eigenvalue weighted by atomic mass is 16.5. The molecule has 0 bridgehead atoms. The number of carbonyl (C=O) groups is 1. The third kappa shape index (κ3) is 1.76. The second-order valence-corrected chi connectivity index (χ2v) is 4.34. The van der Waals surface area contributed by atoms with Crippen molar-refractivity contribution in [1.82, 2.24) is 0 Å². The monoisotopic (exact) mass is 196 g/mol. The maximum absolute atomic E-state index is 11.1. The predicted molar refractivity (Wildman–Crippen MR) is 51.5 cm³/mol. The molecular weight excluding hydrogens is 180 g/mol. The van der Waals surface area contributed by atoms with Gasteiger partial charge in [-0.05, 0) is 25.7 Å². The molecule has 0 N–H and O–H groups in total. The minimum Gasteiger partial charge on any atom is -0.499 e. The van der Waals surface area contributed by atoms with Gasteiger partial charge < -0.3 is 9.47 Å². The van der Waals surface area contributed by atoms with Crippen LogP contribution in [0.4, 0.5) is 0 Å². The maximum atomic E-state index is 11.1. The summed E-state index contributed by atoms with van der Waals surface area (Å²) in [5.41, 5.74) is 0.137. The van der Waals surface area contributed by atoms with E-state index in [0.717, 1.165) is 25.7 Å². The summed E-state index contributed by atoms with van der Waals surface area (Å²) < 4.78 is 10.4. The zero-order chi connectivity index (χ0) is 10.0. The number of hydrogen-bond donors (Lipinski definition) is 0. The lowest BCUT2D eigenvalue weighted by Crippen LogP contribution is -2.30. The Morgan fingerprint density at radius 1 is 1.50 bits per heavy atom. The molecule has 3 heteroatoms. The number of cyclic esters (lactones) is 1. The second kappa shape index (κ2) is 3.64. The molecule has 2 rings (SSSR count). The molecule has 0 aromatic rings. The van der Waals surface area contributed by atoms with Crippen molar-refractivity contribution in [3.05, 3.63) is 12.8 Å². The van der Waals surface area contributed by atoms with Gasteiger partial charge >= 0.3 is 5.97 Å². The van der Waals surface area contributed by atoms with Crippen molar-refractivity contribution in [2.45, 2.75) is 38.2 Å². The number of carbonyl (C=O) groups excluding carboxylic acids is 1. The zero-order valence-electron chi connectivity index (χ0n) is 8.33. The highest BCUT2D eigenvalue weighted by molar-refractivity contribution is 5.72. The van der Waals surface area contributed by atoms with E-state index in [1.807, 2.05) is 0 Å². The third-order valence-electron chi connectivity index (χ3n) is 3.34. The highest BCUT2D eigenvalue weighted by Gasteiger charge is 2.43. The minimum atomic E-state index is -0.0342. The molecule has 2 aliphatic rings. The van der Waals surface area contributed by atoms with Crippen LogP contribution in [0, 0.1) is 5.41 Å². The van der Waals surface area contributed by atoms with Crippen LogP contribution < -0.4 is 0 Å². The van der Waals surface area contributed by atoms with E-state index in [1.165, 1.54) is 6.26 Å². The van der Waals surface area contributed by atoms with Crippen LogP contribution in [0.2, 0.25) is 0 Å². The standard InChI is InChI=1S/C11H16O3/c1-2-13-9-3-5-11(6-4-9)7-10(12)14-8-11/h2,9H,1,3-8H2. The lowest BCUT2D eigenvalue weighted by molar-refractivity contribution is -0.137. The van der Waals surface area contributed by atoms with Crippen molar-refractivity contribution < 1.29 is 14.3 Å². The summed E-state index contributed by atoms with van der Waals surface area (Å²) in [6.07, 6.45) is 6.53. The first-order chi connectivity index (χ1) is 6.74. The second-order valence-electron chi connectivity index (χ2n) is 4.34. The Hall–Kier alpha value is -0.990. The van der Waals surface area contributed by atoms with Crippen molar-refractivity contribution in [3.63, 3.8) is 0 Å². The molecule has 0 unspecified atom stereocenters. The first-order valence-electron chi connectivity index (χ1n) is 5.16. The fourth-order valence-electron chi connectivity index (χ4n) is 2.44. The van der Waals surface area contributed by atoms with Crippen molar-refractivity contribution in [1.29, 1.82) is 0 Å². The van der Waals surface area contributed by atoms with Crippen LogP contribution in [-0.4, -0.2) is 18.7 Å². The number of rotatable bonds is 2. The minimum absolute atomic E-state index is 0.0342. The first-order valence-corrected chi connectivity index (χ1v) is 5.16. The van der Waals surface area contributed by atoms with E-state index >= 15 is 0 Å². The van der Waals surface area contributed by atoms with E-state index in [4.69, 9.17) is 9.47 Å². The maximum Gasteiger partial charge on any atom is 0.306 e. The van der Waals surface area contributed by atoms with E-state index in [1.54, 1.807) is 0 Å². The van der Waals surface area contributed by atoms with Crippen LogP contribution in [0.3, 0.4) is 0 Å². The Morgan fingerprint density at radius 2 is 2.21 bits per heavy atom. The average molecular weight is 196 g/mol. The van der Waals surface area contributed by atoms with Gasteiger partial charge in [-0.1, -0.05) is 6.58 Å². The first kappa shape index (κ1) is 9.56. The molecule has 14 heavy (non-hydrogen) atoms. The van der Waals surface area contributed by atoms with Gasteiger partial charge in [-0.3, -0.25) is 4.79 Å². The Bertz CT molecular complexity index is 239. The van der Waals surface area contributed by atoms with Gasteiger partial charge in [0.15, 0.2) is 0 Å². The lowest BCUT2D eigenvalue weighted by Gasteiger charge is -2.34. The molecular formula is C11H16O3. The summed E-state index contributed by atoms with van der Waals surface area (Å²) in [6, 6.07) is 0. The Kier molecular flexibility index (Phi) is 2.48. The van der Waals surface area contributed by atoms with E-state index in [0.29, 0.717) is 19.1 Å². The molecule has 3 nitrogen and oxygen atoms in total. The summed E-state index contributed by atoms with van der Waals surface area (Å²) in [5.74, 6) is -0.0342. The van der Waals surface area contributed by atoms with Gasteiger partial charge in [0.25, 0.3) is 0 Å². The summed E-state index contributed by atoms with van der Waals surface area (Å²) in [4.78, 5) is 11.1. The van der Waals surface area contributed by atoms with Gasteiger partial charge in [0, 0.05) is 5.41 Å². The van der Waals surface area contributed by atoms with Crippen molar-refractivity contribution in [3.8, 4) is 0 Å². The summed E-state index contributed by atoms with van der Waals surface area (Å²) in [6.45, 7) is 4.17. The van der Waals surface area contributed by atoms with Crippen molar-refractivity contribution in [2.75, 3.05) is 6.61 Å². The van der Waals surface area contributed by atoms with Crippen LogP contribution in [-0.2, 0) is 14.3 Å². The Balaban J connectivity index is 1.89. The quantitative estimate of drug-likeness (QED) is 0.500. The van der Waals surface area contributed by atoms with Gasteiger partial charge in [0.2, 0.25) is 0 Å². The molecule has 1 spiro atoms. The third-order valence-corrected chi connectivity index (χ3v) is 3.34. The molecule has 1 heterocycles. The highest BCUT2D eigenvalue weighted by Crippen LogP contribution is 2.43. The van der Waals surface area contributed by atoms with Gasteiger partial charge in [-0.15, -0.1) is 0 Å². The van der Waals surface area contributed by atoms with Crippen LogP contribution in [0.25, 0.3) is 0 Å². The van der Waals surface area contributed by atoms with Crippen LogP contribution in [0.5, 0.6) is 0 Å². The Labute approximate surface area is 84.1 Å². The molecule has 1 aliphatic carbocycles. The molecule has 1 aliphatic heterocycles. The number of hydrogen-bond acceptors (Lipinski definition) is 3. The Morgan fingerprint density at radius 3 is 2.71 bits per heavy atom. The predicted octanol–water partition coefficient (Wildman–Crippen LogP) is 2.02. The molecule has 0 aromatic heterocycles. The fraction of sp³-hybridized carbons (Fsp3) is 0.727. The molecule has 0 amide bonds. The van der Waals surface area contributed by atoms with E-state index in [2.05, 4.69) is 6.58 Å². The molecule has 1 saturated carbocycles. The van der Waals surface area contributed by atoms with Gasteiger partial charge in [-0.25, -0.2) is 0 Å². The summed E-state index contributed by atoms with van der Waals surface area (Å²) in [7, 11) is 0. The SMILES string of the molecule is C=COC1CCC2(CC1)COC(=O)C2. The van der Waals surface area contributed by atoms with E-state index in [-0.39, 0.29) is 11.4 Å². The van der Waals surface area contributed by atoms with Crippen LogP contribution in [0.15, 0.2) is 12.8 Å². The van der Waals surface area contributed by atoms with Gasteiger partial charge in [-0.2, -0.15) is 0 Å². The van der Waals surface area contributed by atoms with Crippen LogP contribution >= 0.6 is 0 Å². The molecule has 0 aromatic carbocycles. The number of ether oxygens (including phenoxy) is 2. The molecule has 0 radical (unpaired) electrons. The number of esters is 1. The van der Waals surface area contributed by atoms with Crippen molar-refractivity contribution >= 4 is 5.97 Å². The normalized spacial score (nSPS) is 36.9. The van der Waals surface area contributed by atoms with Crippen LogP contribution in [0.1, 0.15) is 32.1 Å². The van der Waals surface area contributed by atoms with E-state index < -0.39 is 0 Å². The smallest absolute Gasteiger partial charge is 0.306 e. The summed E-state index contributed by atoms with van der Waals surface area (Å²) in [5, 5.41) is 0. The zero-order valence-corrected chi connectivity index (χ0v) is 8.33. The fourth-order valence-corrected chi connectivity index (χ4v) is 2.44.